The number of para-hydroxylation sites is 1. The molecule has 0 unspecified atom stereocenters. The summed E-state index contributed by atoms with van der Waals surface area (Å²) in [6, 6.07) is 9.27. The third kappa shape index (κ3) is 4.69. The number of nitrogens with one attached hydrogen (secondary N) is 1. The Balaban J connectivity index is 1.54. The zero-order valence-electron chi connectivity index (χ0n) is 15.4. The number of hydrogen-bond donors (Lipinski definition) is 2. The zero-order valence-corrected chi connectivity index (χ0v) is 15.4. The summed E-state index contributed by atoms with van der Waals surface area (Å²) >= 11 is 0. The first-order valence-electron chi connectivity index (χ1n) is 8.98. The predicted molar refractivity (Wildman–Crippen MR) is 103 cm³/mol. The molecule has 2 aromatic rings. The van der Waals surface area contributed by atoms with Gasteiger partial charge in [-0.15, -0.1) is 0 Å². The minimum Gasteiger partial charge on any atom is -0.390 e. The molecule has 0 saturated carbocycles. The molecule has 7 heteroatoms. The van der Waals surface area contributed by atoms with Crippen LogP contribution in [0.2, 0.25) is 0 Å². The van der Waals surface area contributed by atoms with Crippen molar-refractivity contribution in [3.8, 4) is 0 Å². The monoisotopic (exact) mass is 357 g/mol. The first kappa shape index (κ1) is 18.6. The summed E-state index contributed by atoms with van der Waals surface area (Å²) in [5.74, 6) is 0. The van der Waals surface area contributed by atoms with Crippen LogP contribution in [0.4, 0.5) is 10.5 Å². The van der Waals surface area contributed by atoms with Gasteiger partial charge in [0, 0.05) is 57.9 Å². The normalized spacial score (nSPS) is 17.2. The molecule has 1 saturated heterocycles. The first-order chi connectivity index (χ1) is 12.5. The lowest BCUT2D eigenvalue weighted by molar-refractivity contribution is 0.0670. The molecule has 3 rings (SSSR count). The fraction of sp³-hybridized carbons (Fsp3) is 0.474. The van der Waals surface area contributed by atoms with Gasteiger partial charge < -0.3 is 20.2 Å². The molecule has 1 atom stereocenters. The van der Waals surface area contributed by atoms with E-state index in [9.17, 15) is 9.90 Å². The van der Waals surface area contributed by atoms with Crippen molar-refractivity contribution in [1.29, 1.82) is 0 Å². The lowest BCUT2D eigenvalue weighted by atomic mass is 10.2. The van der Waals surface area contributed by atoms with Crippen molar-refractivity contribution >= 4 is 22.6 Å². The van der Waals surface area contributed by atoms with Gasteiger partial charge in [0.25, 0.3) is 0 Å². The number of benzene rings is 1. The van der Waals surface area contributed by atoms with E-state index >= 15 is 0 Å². The molecule has 2 N–H and O–H groups in total. The summed E-state index contributed by atoms with van der Waals surface area (Å²) in [4.78, 5) is 22.9. The summed E-state index contributed by atoms with van der Waals surface area (Å²) in [6.07, 6.45) is 1.14. The molecule has 1 aliphatic heterocycles. The number of β-amino-alcohol motifs (C(OH)–C–C–N with tert-alkyl or cyclic N) is 1. The summed E-state index contributed by atoms with van der Waals surface area (Å²) in [5, 5.41) is 14.2. The van der Waals surface area contributed by atoms with Crippen molar-refractivity contribution in [2.24, 2.45) is 0 Å². The number of nitrogens with zero attached hydrogens (tertiary/aromatic N) is 4. The van der Waals surface area contributed by atoms with Crippen LogP contribution >= 0.6 is 0 Å². The van der Waals surface area contributed by atoms with Gasteiger partial charge in [0.15, 0.2) is 0 Å². The van der Waals surface area contributed by atoms with Crippen molar-refractivity contribution in [2.45, 2.75) is 6.10 Å². The quantitative estimate of drug-likeness (QED) is 0.844. The highest BCUT2D eigenvalue weighted by Crippen LogP contribution is 2.20. The number of hydrogen-bond acceptors (Lipinski definition) is 5. The third-order valence-electron chi connectivity index (χ3n) is 4.77. The van der Waals surface area contributed by atoms with E-state index in [1.807, 2.05) is 30.3 Å². The van der Waals surface area contributed by atoms with Crippen LogP contribution < -0.4 is 5.32 Å². The van der Waals surface area contributed by atoms with Crippen LogP contribution in [0, 0.1) is 0 Å². The largest absolute Gasteiger partial charge is 0.390 e. The Bertz CT molecular complexity index is 740. The second-order valence-corrected chi connectivity index (χ2v) is 6.95. The number of fused-ring (bicyclic) bond motifs is 1. The highest BCUT2D eigenvalue weighted by molar-refractivity contribution is 5.99. The fourth-order valence-corrected chi connectivity index (χ4v) is 3.20. The summed E-state index contributed by atoms with van der Waals surface area (Å²) in [5.41, 5.74) is 1.43. The van der Waals surface area contributed by atoms with Crippen molar-refractivity contribution in [3.05, 3.63) is 36.5 Å². The fourth-order valence-electron chi connectivity index (χ4n) is 3.20. The lowest BCUT2D eigenvalue weighted by Gasteiger charge is -2.34. The van der Waals surface area contributed by atoms with Crippen molar-refractivity contribution in [3.63, 3.8) is 0 Å². The molecular weight excluding hydrogens is 330 g/mol. The average Bonchev–Trinajstić information content (AvgIpc) is 2.64. The Hall–Kier alpha value is -2.22. The first-order valence-corrected chi connectivity index (χ1v) is 8.98. The number of amides is 2. The molecule has 1 fully saturated rings. The van der Waals surface area contributed by atoms with Gasteiger partial charge in [0.05, 0.1) is 17.3 Å². The summed E-state index contributed by atoms with van der Waals surface area (Å²) in [7, 11) is 3.80. The van der Waals surface area contributed by atoms with Crippen molar-refractivity contribution < 1.29 is 9.90 Å². The zero-order chi connectivity index (χ0) is 18.5. The highest BCUT2D eigenvalue weighted by Gasteiger charge is 2.20. The molecule has 26 heavy (non-hydrogen) atoms. The van der Waals surface area contributed by atoms with Gasteiger partial charge >= 0.3 is 6.03 Å². The number of rotatable bonds is 5. The highest BCUT2D eigenvalue weighted by atomic mass is 16.3. The number of pyridine rings is 1. The molecule has 7 nitrogen and oxygen atoms in total. The Kier molecular flexibility index (Phi) is 6.03. The van der Waals surface area contributed by atoms with E-state index in [0.29, 0.717) is 12.2 Å². The maximum Gasteiger partial charge on any atom is 0.321 e. The van der Waals surface area contributed by atoms with Crippen LogP contribution in [0.1, 0.15) is 0 Å². The van der Waals surface area contributed by atoms with E-state index in [1.54, 1.807) is 13.2 Å². The van der Waals surface area contributed by atoms with E-state index in [-0.39, 0.29) is 12.6 Å². The van der Waals surface area contributed by atoms with E-state index in [4.69, 9.17) is 0 Å². The average molecular weight is 357 g/mol. The van der Waals surface area contributed by atoms with Gasteiger partial charge in [-0.2, -0.15) is 0 Å². The molecule has 2 amide bonds. The molecule has 0 bridgehead atoms. The summed E-state index contributed by atoms with van der Waals surface area (Å²) in [6.45, 7) is 4.79. The predicted octanol–water partition coefficient (Wildman–Crippen LogP) is 1.31. The maximum atomic E-state index is 12.5. The van der Waals surface area contributed by atoms with E-state index < -0.39 is 6.10 Å². The van der Waals surface area contributed by atoms with Crippen LogP contribution in [0.5, 0.6) is 0 Å². The second kappa shape index (κ2) is 8.44. The Labute approximate surface area is 154 Å². The van der Waals surface area contributed by atoms with Gasteiger partial charge in [-0.05, 0) is 19.2 Å². The number of carbonyl (C=O) groups excluding carboxylic acids is 1. The SMILES string of the molecule is CN1CCN(C[C@@H](O)CN(C)C(=O)Nc2cccc3cccnc23)CC1. The van der Waals surface area contributed by atoms with Crippen molar-refractivity contribution in [2.75, 3.05) is 58.7 Å². The number of urea groups is 1. The minimum absolute atomic E-state index is 0.249. The Morgan fingerprint density at radius 3 is 2.77 bits per heavy atom. The number of piperazine rings is 1. The van der Waals surface area contributed by atoms with Gasteiger partial charge in [-0.25, -0.2) is 4.79 Å². The van der Waals surface area contributed by atoms with Crippen LogP contribution in [0.3, 0.4) is 0 Å². The molecule has 0 aliphatic carbocycles. The molecule has 1 aliphatic rings. The summed E-state index contributed by atoms with van der Waals surface area (Å²) < 4.78 is 0. The Morgan fingerprint density at radius 2 is 2.00 bits per heavy atom. The molecule has 2 heterocycles. The molecular formula is C19H27N5O2. The number of likely N-dealkylation sites (N-methyl/N-ethyl adjacent to an activating group) is 2. The second-order valence-electron chi connectivity index (χ2n) is 6.95. The Morgan fingerprint density at radius 1 is 1.27 bits per heavy atom. The van der Waals surface area contributed by atoms with Gasteiger partial charge in [-0.1, -0.05) is 18.2 Å². The van der Waals surface area contributed by atoms with Crippen molar-refractivity contribution in [1.82, 2.24) is 19.7 Å². The molecule has 0 radical (unpaired) electrons. The van der Waals surface area contributed by atoms with Gasteiger partial charge in [0.2, 0.25) is 0 Å². The lowest BCUT2D eigenvalue weighted by Crippen LogP contribution is -2.49. The van der Waals surface area contributed by atoms with Crippen LogP contribution in [0.25, 0.3) is 10.9 Å². The minimum atomic E-state index is -0.570. The molecule has 140 valence electrons. The van der Waals surface area contributed by atoms with Gasteiger partial charge in [0.1, 0.15) is 0 Å². The smallest absolute Gasteiger partial charge is 0.321 e. The number of aromatic nitrogens is 1. The number of carbonyl (C=O) groups is 1. The molecule has 1 aromatic carbocycles. The van der Waals surface area contributed by atoms with E-state index in [0.717, 1.165) is 37.1 Å². The van der Waals surface area contributed by atoms with E-state index in [2.05, 4.69) is 27.1 Å². The molecule has 1 aromatic heterocycles. The van der Waals surface area contributed by atoms with E-state index in [1.165, 1.54) is 4.90 Å². The van der Waals surface area contributed by atoms with Crippen LogP contribution in [0.15, 0.2) is 36.5 Å². The third-order valence-corrected chi connectivity index (χ3v) is 4.77. The van der Waals surface area contributed by atoms with Crippen LogP contribution in [-0.2, 0) is 0 Å². The standard InChI is InChI=1S/C19H27N5O2/c1-22-9-11-24(12-10-22)14-16(25)13-23(2)19(26)21-17-7-3-5-15-6-4-8-20-18(15)17/h3-8,16,25H,9-14H2,1-2H3,(H,21,26)/t16-/m0/s1. The molecule has 0 spiro atoms. The topological polar surface area (TPSA) is 71.9 Å². The maximum absolute atomic E-state index is 12.5. The van der Waals surface area contributed by atoms with Crippen LogP contribution in [-0.4, -0.2) is 90.3 Å². The number of anilines is 1. The van der Waals surface area contributed by atoms with Gasteiger partial charge in [-0.3, -0.25) is 9.88 Å². The number of aliphatic hydroxyl groups is 1. The number of aliphatic hydroxyl groups excluding tert-OH is 1.